The second kappa shape index (κ2) is 5.46. The molecule has 3 nitrogen and oxygen atoms in total. The van der Waals surface area contributed by atoms with Crippen LogP contribution in [0.15, 0.2) is 51.2 Å². The van der Waals surface area contributed by atoms with Crippen molar-refractivity contribution in [3.63, 3.8) is 0 Å². The summed E-state index contributed by atoms with van der Waals surface area (Å²) in [7, 11) is 1.46. The van der Waals surface area contributed by atoms with Crippen LogP contribution in [0.2, 0.25) is 0 Å². The van der Waals surface area contributed by atoms with Gasteiger partial charge in [-0.15, -0.1) is 7.05 Å². The standard InChI is InChI=1S/C15H11FN2OS.Rf/c1-17-15(19)9-2-4-14-12(7-9)18-8-10-6-11(16)3-5-13(10)20-14;/h2-8H,1H3,(H,17,19);/p-1. The molecule has 2 aromatic carbocycles. The van der Waals surface area contributed by atoms with Crippen LogP contribution in [0.3, 0.4) is 0 Å². The Hall–Kier alpha value is -3.14. The zero-order valence-corrected chi connectivity index (χ0v) is 18.6. The molecule has 1 amide bonds. The number of benzene rings is 2. The molecule has 6 heteroatoms. The number of halogens is 1. The summed E-state index contributed by atoms with van der Waals surface area (Å²) in [5.74, 6) is -0.566. The predicted molar refractivity (Wildman–Crippen MR) is 77.8 cm³/mol. The van der Waals surface area contributed by atoms with E-state index in [1.807, 2.05) is 6.07 Å². The molecule has 0 saturated heterocycles. The van der Waals surface area contributed by atoms with Crippen molar-refractivity contribution in [1.82, 2.24) is 0 Å². The number of carbonyl (C=O) groups is 1. The molecule has 0 fully saturated rings. The summed E-state index contributed by atoms with van der Waals surface area (Å²) in [6.45, 7) is 0. The maximum absolute atomic E-state index is 13.2. The Kier molecular flexibility index (Phi) is 3.71. The molecule has 0 aliphatic carbocycles. The van der Waals surface area contributed by atoms with E-state index in [0.29, 0.717) is 11.3 Å². The van der Waals surface area contributed by atoms with Gasteiger partial charge < -0.3 is 10.1 Å². The van der Waals surface area contributed by atoms with E-state index < -0.39 is 0 Å². The third-order valence-electron chi connectivity index (χ3n) is 2.94. The molecule has 0 saturated carbocycles. The summed E-state index contributed by atoms with van der Waals surface area (Å²) in [6, 6.07) is 9.89. The number of amides is 1. The van der Waals surface area contributed by atoms with Gasteiger partial charge in [-0.2, -0.15) is 0 Å². The van der Waals surface area contributed by atoms with Gasteiger partial charge in [0.1, 0.15) is 5.82 Å². The third kappa shape index (κ3) is 2.60. The number of carbonyl (C=O) groups excluding carboxylic acids is 1. The molecular formula is C15H10FN2ORfS-. The first-order valence-corrected chi connectivity index (χ1v) is 6.79. The van der Waals surface area contributed by atoms with Gasteiger partial charge in [0, 0.05) is 27.1 Å². The molecule has 0 unspecified atom stereocenters. The Morgan fingerprint density at radius 2 is 1.95 bits per heavy atom. The molecule has 0 N–H and O–H groups in total. The van der Waals surface area contributed by atoms with Crippen LogP contribution < -0.4 is 0 Å². The Bertz CT molecular complexity index is 734. The fraction of sp³-hybridized carbons (Fsp3) is 0.0667. The number of aliphatic imine (C=N–C) groups is 1. The zero-order valence-electron chi connectivity index (χ0n) is 11.3. The fourth-order valence-electron chi connectivity index (χ4n) is 1.94. The van der Waals surface area contributed by atoms with E-state index in [2.05, 4.69) is 10.3 Å². The van der Waals surface area contributed by atoms with Crippen molar-refractivity contribution in [3.05, 3.63) is 58.7 Å². The minimum atomic E-state index is -0.289. The molecule has 3 rings (SSSR count). The maximum atomic E-state index is 13.2. The van der Waals surface area contributed by atoms with Crippen molar-refractivity contribution in [2.75, 3.05) is 7.05 Å². The molecular weight excluding hydrogens is 542 g/mol. The average Bonchev–Trinajstić information content (AvgIpc) is 2.64. The Labute approximate surface area is 119 Å². The van der Waals surface area contributed by atoms with Crippen molar-refractivity contribution >= 4 is 29.6 Å². The Morgan fingerprint density at radius 1 is 1.19 bits per heavy atom. The summed E-state index contributed by atoms with van der Waals surface area (Å²) in [4.78, 5) is 17.8. The van der Waals surface area contributed by atoms with Gasteiger partial charge >= 0.3 is 0 Å². The molecule has 1 aliphatic heterocycles. The zero-order chi connectivity index (χ0) is 14.1. The van der Waals surface area contributed by atoms with Gasteiger partial charge in [0.2, 0.25) is 0 Å². The molecule has 0 bridgehead atoms. The van der Waals surface area contributed by atoms with Gasteiger partial charge in [-0.05, 0) is 30.3 Å². The summed E-state index contributed by atoms with van der Waals surface area (Å²) in [6.07, 6.45) is 1.62. The molecule has 1 heterocycles. The van der Waals surface area contributed by atoms with Gasteiger partial charge in [0.05, 0.1) is 11.6 Å². The molecule has 2 aromatic rings. The smallest absolute Gasteiger partial charge is 0.123 e. The molecule has 0 atom stereocenters. The maximum Gasteiger partial charge on any atom is 0.123 e. The van der Waals surface area contributed by atoms with Crippen molar-refractivity contribution in [1.29, 1.82) is 0 Å². The molecule has 1 aliphatic rings. The molecule has 102 valence electrons. The molecule has 0 aromatic heterocycles. The van der Waals surface area contributed by atoms with Crippen molar-refractivity contribution in [2.24, 2.45) is 4.99 Å². The molecule has 0 radical (unpaired) electrons. The first-order valence-electron chi connectivity index (χ1n) is 5.97. The summed E-state index contributed by atoms with van der Waals surface area (Å²) < 4.78 is 13.2. The Morgan fingerprint density at radius 3 is 2.71 bits per heavy atom. The number of rotatable bonds is 1. The van der Waals surface area contributed by atoms with Crippen LogP contribution in [0.5, 0.6) is 0 Å². The second-order valence-electron chi connectivity index (χ2n) is 4.25. The predicted octanol–water partition coefficient (Wildman–Crippen LogP) is 4.18. The number of hydrogen-bond donors (Lipinski definition) is 0. The van der Waals surface area contributed by atoms with Crippen LogP contribution in [0.25, 0.3) is 5.32 Å². The fourth-order valence-corrected chi connectivity index (χ4v) is 2.89. The topological polar surface area (TPSA) is 43.5 Å². The van der Waals surface area contributed by atoms with Crippen LogP contribution in [0, 0.1) is 5.82 Å². The normalized spacial score (nSPS) is 11.7. The van der Waals surface area contributed by atoms with Gasteiger partial charge in [0.15, 0.2) is 0 Å². The average molecular weight is 552 g/mol. The third-order valence-corrected chi connectivity index (χ3v) is 4.10. The SMILES string of the molecule is C[N-]C(=O)c1ccc2c(c1)N=Cc1cc(F)ccc1S2.[Rf]. The van der Waals surface area contributed by atoms with Crippen LogP contribution in [-0.2, 0) is 0 Å². The van der Waals surface area contributed by atoms with Gasteiger partial charge in [-0.1, -0.05) is 17.8 Å². The van der Waals surface area contributed by atoms with E-state index in [-0.39, 0.29) is 11.7 Å². The van der Waals surface area contributed by atoms with E-state index in [9.17, 15) is 9.18 Å². The first-order chi connectivity index (χ1) is 9.67. The van der Waals surface area contributed by atoms with E-state index in [4.69, 9.17) is 0 Å². The van der Waals surface area contributed by atoms with E-state index >= 15 is 0 Å². The first kappa shape index (κ1) is 14.3. The van der Waals surface area contributed by atoms with Crippen LogP contribution in [0.1, 0.15) is 15.9 Å². The minimum absolute atomic E-state index is 0. The van der Waals surface area contributed by atoms with E-state index in [1.165, 1.54) is 30.9 Å². The summed E-state index contributed by atoms with van der Waals surface area (Å²) in [5, 5.41) is 3.63. The summed E-state index contributed by atoms with van der Waals surface area (Å²) >= 11 is 1.51. The minimum Gasteiger partial charge on any atom is -0.652 e. The van der Waals surface area contributed by atoms with E-state index in [0.717, 1.165) is 15.4 Å². The van der Waals surface area contributed by atoms with Crippen molar-refractivity contribution in [3.8, 4) is 0 Å². The van der Waals surface area contributed by atoms with E-state index in [1.54, 1.807) is 24.4 Å². The second-order valence-corrected chi connectivity index (χ2v) is 5.34. The summed E-state index contributed by atoms with van der Waals surface area (Å²) in [5.41, 5.74) is 1.93. The number of nitrogens with zero attached hydrogens (tertiary/aromatic N) is 2. The van der Waals surface area contributed by atoms with Crippen molar-refractivity contribution < 1.29 is 9.18 Å². The van der Waals surface area contributed by atoms with Crippen molar-refractivity contribution in [2.45, 2.75) is 9.79 Å². The monoisotopic (exact) mass is 552 g/mol. The van der Waals surface area contributed by atoms with Gasteiger partial charge in [-0.25, -0.2) is 4.39 Å². The van der Waals surface area contributed by atoms with Gasteiger partial charge in [0.25, 0.3) is 0 Å². The largest absolute Gasteiger partial charge is 0.652 e. The molecule has 0 spiro atoms. The number of hydrogen-bond acceptors (Lipinski definition) is 3. The number of fused-ring (bicyclic) bond motifs is 2. The van der Waals surface area contributed by atoms with Crippen LogP contribution in [-0.4, -0.2) is 19.2 Å². The van der Waals surface area contributed by atoms with Gasteiger partial charge in [-0.3, -0.25) is 4.99 Å². The Balaban J connectivity index is 0.00000161. The molecule has 21 heavy (non-hydrogen) atoms. The van der Waals surface area contributed by atoms with Crippen LogP contribution >= 0.6 is 11.8 Å². The van der Waals surface area contributed by atoms with Crippen LogP contribution in [0.4, 0.5) is 10.1 Å². The quantitative estimate of drug-likeness (QED) is 0.455.